The average molecular weight is 425 g/mol. The van der Waals surface area contributed by atoms with Gasteiger partial charge in [-0.1, -0.05) is 18.2 Å². The number of ether oxygens (including phenoxy) is 1. The minimum absolute atomic E-state index is 0.0192. The number of aromatic nitrogens is 2. The van der Waals surface area contributed by atoms with Crippen LogP contribution in [0.5, 0.6) is 0 Å². The molecule has 2 unspecified atom stereocenters. The van der Waals surface area contributed by atoms with Crippen LogP contribution in [0.15, 0.2) is 66.2 Å². The van der Waals surface area contributed by atoms with Crippen LogP contribution in [0, 0.1) is 11.6 Å². The van der Waals surface area contributed by atoms with E-state index in [9.17, 15) is 8.78 Å². The highest BCUT2D eigenvalue weighted by Gasteiger charge is 2.28. The van der Waals surface area contributed by atoms with Crippen LogP contribution in [0.4, 0.5) is 8.78 Å². The van der Waals surface area contributed by atoms with Crippen LogP contribution in [-0.4, -0.2) is 46.7 Å². The number of guanidine groups is 1. The zero-order chi connectivity index (χ0) is 21.8. The van der Waals surface area contributed by atoms with Gasteiger partial charge in [-0.25, -0.2) is 13.8 Å². The molecule has 1 N–H and O–H groups in total. The molecular formula is C23H25F2N5O. The van der Waals surface area contributed by atoms with Gasteiger partial charge in [0.25, 0.3) is 0 Å². The second-order valence-electron chi connectivity index (χ2n) is 7.55. The molecule has 4 rings (SSSR count). The molecule has 1 fully saturated rings. The van der Waals surface area contributed by atoms with Crippen molar-refractivity contribution >= 4 is 5.96 Å². The first-order chi connectivity index (χ1) is 15.0. The molecule has 162 valence electrons. The smallest absolute Gasteiger partial charge is 0.194 e. The lowest BCUT2D eigenvalue weighted by molar-refractivity contribution is -0.0605. The monoisotopic (exact) mass is 425 g/mol. The Hall–Kier alpha value is -3.26. The molecular weight excluding hydrogens is 400 g/mol. The van der Waals surface area contributed by atoms with E-state index < -0.39 is 0 Å². The maximum absolute atomic E-state index is 14.5. The number of aliphatic imine (C=N–C) groups is 1. The highest BCUT2D eigenvalue weighted by molar-refractivity contribution is 5.80. The molecule has 2 heterocycles. The molecule has 1 aliphatic heterocycles. The summed E-state index contributed by atoms with van der Waals surface area (Å²) >= 11 is 0. The van der Waals surface area contributed by atoms with Crippen molar-refractivity contribution < 1.29 is 13.5 Å². The second-order valence-corrected chi connectivity index (χ2v) is 7.55. The van der Waals surface area contributed by atoms with Crippen molar-refractivity contribution in [3.63, 3.8) is 0 Å². The number of benzene rings is 2. The molecule has 2 aromatic carbocycles. The number of hydrogen-bond acceptors (Lipinski definition) is 3. The van der Waals surface area contributed by atoms with Crippen molar-refractivity contribution in [2.45, 2.75) is 25.7 Å². The van der Waals surface area contributed by atoms with Gasteiger partial charge in [-0.05, 0) is 42.3 Å². The van der Waals surface area contributed by atoms with Gasteiger partial charge in [0.1, 0.15) is 17.7 Å². The van der Waals surface area contributed by atoms with Crippen LogP contribution in [-0.2, 0) is 11.3 Å². The van der Waals surface area contributed by atoms with E-state index in [0.29, 0.717) is 31.3 Å². The van der Waals surface area contributed by atoms with E-state index in [4.69, 9.17) is 4.74 Å². The summed E-state index contributed by atoms with van der Waals surface area (Å²) in [5, 5.41) is 3.31. The van der Waals surface area contributed by atoms with E-state index in [1.54, 1.807) is 48.5 Å². The maximum Gasteiger partial charge on any atom is 0.194 e. The van der Waals surface area contributed by atoms with E-state index in [2.05, 4.69) is 20.2 Å². The van der Waals surface area contributed by atoms with Gasteiger partial charge in [-0.2, -0.15) is 0 Å². The molecule has 3 aromatic rings. The molecule has 0 bridgehead atoms. The quantitative estimate of drug-likeness (QED) is 0.512. The number of nitrogens with zero attached hydrogens (tertiary/aromatic N) is 4. The molecule has 0 aliphatic carbocycles. The summed E-state index contributed by atoms with van der Waals surface area (Å²) in [7, 11) is 1.72. The van der Waals surface area contributed by atoms with Crippen molar-refractivity contribution in [2.24, 2.45) is 4.99 Å². The Labute approximate surface area is 180 Å². The highest BCUT2D eigenvalue weighted by atomic mass is 19.1. The molecule has 0 saturated carbocycles. The molecule has 1 saturated heterocycles. The largest absolute Gasteiger partial charge is 0.367 e. The third-order valence-electron chi connectivity index (χ3n) is 5.26. The van der Waals surface area contributed by atoms with Gasteiger partial charge in [0.2, 0.25) is 0 Å². The van der Waals surface area contributed by atoms with E-state index >= 15 is 0 Å². The standard InChI is InChI=1S/C23H25F2N5O/c1-16-13-30(14-22(31-16)18-4-6-19(24)7-5-18)23(26-2)28-12-17-3-8-21(20(25)11-17)29-10-9-27-15-29/h3-11,15-16,22H,12-14H2,1-2H3,(H,26,28). The molecule has 1 aliphatic rings. The zero-order valence-electron chi connectivity index (χ0n) is 17.5. The van der Waals surface area contributed by atoms with Crippen LogP contribution >= 0.6 is 0 Å². The fourth-order valence-corrected chi connectivity index (χ4v) is 3.77. The number of nitrogens with one attached hydrogen (secondary N) is 1. The first kappa shape index (κ1) is 21.0. The Bertz CT molecular complexity index is 1040. The lowest BCUT2D eigenvalue weighted by atomic mass is 10.1. The molecule has 31 heavy (non-hydrogen) atoms. The van der Waals surface area contributed by atoms with Gasteiger partial charge in [-0.15, -0.1) is 0 Å². The topological polar surface area (TPSA) is 54.7 Å². The Morgan fingerprint density at radius 1 is 1.19 bits per heavy atom. The van der Waals surface area contributed by atoms with Gasteiger partial charge >= 0.3 is 0 Å². The van der Waals surface area contributed by atoms with Gasteiger partial charge in [0.05, 0.1) is 24.7 Å². The van der Waals surface area contributed by atoms with Crippen molar-refractivity contribution in [3.8, 4) is 5.69 Å². The fraction of sp³-hybridized carbons (Fsp3) is 0.304. The van der Waals surface area contributed by atoms with Gasteiger partial charge in [0.15, 0.2) is 5.96 Å². The number of rotatable bonds is 4. The molecule has 1 aromatic heterocycles. The summed E-state index contributed by atoms with van der Waals surface area (Å²) in [4.78, 5) is 10.5. The molecule has 2 atom stereocenters. The minimum Gasteiger partial charge on any atom is -0.367 e. The summed E-state index contributed by atoms with van der Waals surface area (Å²) < 4.78 is 35.5. The number of halogens is 2. The Morgan fingerprint density at radius 3 is 2.68 bits per heavy atom. The lowest BCUT2D eigenvalue weighted by Gasteiger charge is -2.38. The molecule has 0 amide bonds. The van der Waals surface area contributed by atoms with Crippen LogP contribution in [0.2, 0.25) is 0 Å². The SMILES string of the molecule is CN=C(NCc1ccc(-n2ccnc2)c(F)c1)N1CC(C)OC(c2ccc(F)cc2)C1. The predicted molar refractivity (Wildman–Crippen MR) is 115 cm³/mol. The summed E-state index contributed by atoms with van der Waals surface area (Å²) in [5.41, 5.74) is 2.18. The van der Waals surface area contributed by atoms with Crippen LogP contribution in [0.3, 0.4) is 0 Å². The van der Waals surface area contributed by atoms with Crippen LogP contribution in [0.25, 0.3) is 5.69 Å². The van der Waals surface area contributed by atoms with E-state index in [-0.39, 0.29) is 23.8 Å². The predicted octanol–water partition coefficient (Wildman–Crippen LogP) is 3.69. The maximum atomic E-state index is 14.5. The van der Waals surface area contributed by atoms with Gasteiger partial charge in [0, 0.05) is 32.5 Å². The van der Waals surface area contributed by atoms with E-state index in [1.165, 1.54) is 18.2 Å². The molecule has 0 radical (unpaired) electrons. The summed E-state index contributed by atoms with van der Waals surface area (Å²) in [6.07, 6.45) is 4.68. The van der Waals surface area contributed by atoms with Crippen molar-refractivity contribution in [3.05, 3.63) is 83.9 Å². The average Bonchev–Trinajstić information content (AvgIpc) is 3.29. The summed E-state index contributed by atoms with van der Waals surface area (Å²) in [6, 6.07) is 11.5. The Balaban J connectivity index is 1.43. The minimum atomic E-state index is -0.316. The molecule has 6 nitrogen and oxygen atoms in total. The molecule has 0 spiro atoms. The van der Waals surface area contributed by atoms with Crippen LogP contribution in [0.1, 0.15) is 24.2 Å². The van der Waals surface area contributed by atoms with Crippen molar-refractivity contribution in [1.29, 1.82) is 0 Å². The number of hydrogen-bond donors (Lipinski definition) is 1. The summed E-state index contributed by atoms with van der Waals surface area (Å²) in [5.74, 6) is 0.123. The van der Waals surface area contributed by atoms with Crippen LogP contribution < -0.4 is 5.32 Å². The normalized spacial score (nSPS) is 19.5. The third-order valence-corrected chi connectivity index (χ3v) is 5.26. The Kier molecular flexibility index (Phi) is 6.27. The third kappa shape index (κ3) is 4.91. The van der Waals surface area contributed by atoms with Gasteiger partial charge < -0.3 is 19.5 Å². The Morgan fingerprint density at radius 2 is 2.00 bits per heavy atom. The van der Waals surface area contributed by atoms with E-state index in [0.717, 1.165) is 11.1 Å². The number of imidazole rings is 1. The fourth-order valence-electron chi connectivity index (χ4n) is 3.77. The first-order valence-corrected chi connectivity index (χ1v) is 10.2. The van der Waals surface area contributed by atoms with E-state index in [1.807, 2.05) is 13.0 Å². The summed E-state index contributed by atoms with van der Waals surface area (Å²) in [6.45, 7) is 3.69. The zero-order valence-corrected chi connectivity index (χ0v) is 17.5. The molecule has 8 heteroatoms. The van der Waals surface area contributed by atoms with Crippen molar-refractivity contribution in [1.82, 2.24) is 19.8 Å². The first-order valence-electron chi connectivity index (χ1n) is 10.2. The van der Waals surface area contributed by atoms with Gasteiger partial charge in [-0.3, -0.25) is 4.99 Å². The van der Waals surface area contributed by atoms with Crippen molar-refractivity contribution in [2.75, 3.05) is 20.1 Å². The lowest BCUT2D eigenvalue weighted by Crippen LogP contribution is -2.50. The highest BCUT2D eigenvalue weighted by Crippen LogP contribution is 2.25. The number of morpholine rings is 1. The second kappa shape index (κ2) is 9.26.